The van der Waals surface area contributed by atoms with Crippen LogP contribution in [0.3, 0.4) is 0 Å². The second kappa shape index (κ2) is 6.23. The van der Waals surface area contributed by atoms with E-state index in [1.165, 1.54) is 38.5 Å². The first-order valence-corrected chi connectivity index (χ1v) is 9.10. The minimum Gasteiger partial charge on any atom is -0.497 e. The van der Waals surface area contributed by atoms with E-state index in [4.69, 9.17) is 4.74 Å². The van der Waals surface area contributed by atoms with Crippen molar-refractivity contribution in [3.63, 3.8) is 0 Å². The highest BCUT2D eigenvalue weighted by atomic mass is 16.5. The van der Waals surface area contributed by atoms with Crippen molar-refractivity contribution in [1.82, 2.24) is 5.43 Å². The van der Waals surface area contributed by atoms with E-state index < -0.39 is 0 Å². The third-order valence-electron chi connectivity index (χ3n) is 6.20. The molecule has 4 nitrogen and oxygen atoms in total. The molecule has 24 heavy (non-hydrogen) atoms. The van der Waals surface area contributed by atoms with E-state index in [0.29, 0.717) is 6.42 Å². The Morgan fingerprint density at radius 1 is 1.25 bits per heavy atom. The molecule has 0 saturated heterocycles. The van der Waals surface area contributed by atoms with Gasteiger partial charge in [0.1, 0.15) is 5.75 Å². The molecule has 0 aromatic heterocycles. The van der Waals surface area contributed by atoms with Crippen molar-refractivity contribution in [1.29, 1.82) is 0 Å². The van der Waals surface area contributed by atoms with Crippen molar-refractivity contribution >= 4 is 12.1 Å². The maximum absolute atomic E-state index is 12.4. The number of ether oxygens (including phenoxy) is 1. The van der Waals surface area contributed by atoms with Gasteiger partial charge in [0.2, 0.25) is 5.91 Å². The Labute approximate surface area is 143 Å². The molecule has 0 heterocycles. The van der Waals surface area contributed by atoms with Crippen LogP contribution in [0.4, 0.5) is 0 Å². The largest absolute Gasteiger partial charge is 0.497 e. The van der Waals surface area contributed by atoms with Crippen molar-refractivity contribution in [2.24, 2.45) is 28.3 Å². The zero-order valence-electron chi connectivity index (χ0n) is 14.3. The van der Waals surface area contributed by atoms with Crippen LogP contribution in [-0.2, 0) is 4.79 Å². The predicted molar refractivity (Wildman–Crippen MR) is 94.0 cm³/mol. The van der Waals surface area contributed by atoms with Gasteiger partial charge in [-0.15, -0.1) is 0 Å². The average Bonchev–Trinajstić information content (AvgIpc) is 2.53. The maximum Gasteiger partial charge on any atom is 0.240 e. The SMILES string of the molecule is COc1cccc(/C=N\NC(=O)CC23CC4CC(CC(C4)C2)C3)c1. The lowest BCUT2D eigenvalue weighted by Crippen LogP contribution is -2.47. The number of nitrogens with zero attached hydrogens (tertiary/aromatic N) is 1. The topological polar surface area (TPSA) is 50.7 Å². The van der Waals surface area contributed by atoms with Gasteiger partial charge in [-0.05, 0) is 79.4 Å². The number of carbonyl (C=O) groups excluding carboxylic acids is 1. The summed E-state index contributed by atoms with van der Waals surface area (Å²) in [5.41, 5.74) is 3.92. The number of methoxy groups -OCH3 is 1. The predicted octanol–water partition coefficient (Wildman–Crippen LogP) is 3.75. The molecule has 0 radical (unpaired) electrons. The number of nitrogens with one attached hydrogen (secondary N) is 1. The van der Waals surface area contributed by atoms with Crippen LogP contribution in [-0.4, -0.2) is 19.2 Å². The van der Waals surface area contributed by atoms with Gasteiger partial charge < -0.3 is 4.74 Å². The van der Waals surface area contributed by atoms with E-state index in [1.807, 2.05) is 24.3 Å². The number of hydrazone groups is 1. The second-order valence-corrected chi connectivity index (χ2v) is 8.16. The van der Waals surface area contributed by atoms with E-state index in [9.17, 15) is 4.79 Å². The van der Waals surface area contributed by atoms with Gasteiger partial charge in [-0.2, -0.15) is 5.10 Å². The summed E-state index contributed by atoms with van der Waals surface area (Å²) in [6, 6.07) is 7.65. The maximum atomic E-state index is 12.4. The van der Waals surface area contributed by atoms with Crippen molar-refractivity contribution < 1.29 is 9.53 Å². The average molecular weight is 326 g/mol. The van der Waals surface area contributed by atoms with Crippen LogP contribution in [0, 0.1) is 23.2 Å². The summed E-state index contributed by atoms with van der Waals surface area (Å²) >= 11 is 0. The van der Waals surface area contributed by atoms with E-state index in [2.05, 4.69) is 10.5 Å². The molecule has 1 amide bonds. The van der Waals surface area contributed by atoms with Gasteiger partial charge in [0.15, 0.2) is 0 Å². The van der Waals surface area contributed by atoms with Gasteiger partial charge in [0.25, 0.3) is 0 Å². The molecule has 4 bridgehead atoms. The van der Waals surface area contributed by atoms with Crippen molar-refractivity contribution in [2.45, 2.75) is 44.9 Å². The van der Waals surface area contributed by atoms with E-state index in [1.54, 1.807) is 13.3 Å². The molecule has 1 aromatic carbocycles. The van der Waals surface area contributed by atoms with Crippen LogP contribution in [0.15, 0.2) is 29.4 Å². The first-order valence-electron chi connectivity index (χ1n) is 9.10. The molecule has 4 aliphatic carbocycles. The summed E-state index contributed by atoms with van der Waals surface area (Å²) in [7, 11) is 1.64. The Bertz CT molecular complexity index is 618. The number of benzene rings is 1. The highest BCUT2D eigenvalue weighted by Crippen LogP contribution is 2.61. The molecule has 4 heteroatoms. The zero-order valence-corrected chi connectivity index (χ0v) is 14.3. The Morgan fingerprint density at radius 3 is 2.54 bits per heavy atom. The highest BCUT2D eigenvalue weighted by molar-refractivity contribution is 5.83. The highest BCUT2D eigenvalue weighted by Gasteiger charge is 2.51. The second-order valence-electron chi connectivity index (χ2n) is 8.16. The third-order valence-corrected chi connectivity index (χ3v) is 6.20. The first kappa shape index (κ1) is 15.7. The lowest BCUT2D eigenvalue weighted by molar-refractivity contribution is -0.129. The van der Waals surface area contributed by atoms with Crippen molar-refractivity contribution in [2.75, 3.05) is 7.11 Å². The molecule has 128 valence electrons. The third kappa shape index (κ3) is 3.19. The van der Waals surface area contributed by atoms with Gasteiger partial charge in [0, 0.05) is 6.42 Å². The summed E-state index contributed by atoms with van der Waals surface area (Å²) in [5.74, 6) is 3.49. The molecular formula is C20H26N2O2. The van der Waals surface area contributed by atoms with Crippen molar-refractivity contribution in [3.05, 3.63) is 29.8 Å². The van der Waals surface area contributed by atoms with E-state index in [-0.39, 0.29) is 11.3 Å². The van der Waals surface area contributed by atoms with E-state index >= 15 is 0 Å². The van der Waals surface area contributed by atoms with Gasteiger partial charge in [0.05, 0.1) is 13.3 Å². The lowest BCUT2D eigenvalue weighted by atomic mass is 9.49. The van der Waals surface area contributed by atoms with Gasteiger partial charge in [-0.25, -0.2) is 5.43 Å². The van der Waals surface area contributed by atoms with Crippen molar-refractivity contribution in [3.8, 4) is 5.75 Å². The normalized spacial score (nSPS) is 33.8. The molecule has 5 rings (SSSR count). The molecule has 0 atom stereocenters. The number of amides is 1. The number of hydrogen-bond acceptors (Lipinski definition) is 3. The summed E-state index contributed by atoms with van der Waals surface area (Å²) in [5, 5.41) is 4.14. The molecule has 1 aromatic rings. The van der Waals surface area contributed by atoms with Crippen LogP contribution in [0.5, 0.6) is 5.75 Å². The Kier molecular flexibility index (Phi) is 4.07. The molecule has 0 aliphatic heterocycles. The fourth-order valence-electron chi connectivity index (χ4n) is 5.79. The fraction of sp³-hybridized carbons (Fsp3) is 0.600. The first-order chi connectivity index (χ1) is 11.6. The molecule has 0 unspecified atom stereocenters. The molecule has 4 saturated carbocycles. The lowest BCUT2D eigenvalue weighted by Gasteiger charge is -2.56. The van der Waals surface area contributed by atoms with Gasteiger partial charge >= 0.3 is 0 Å². The standard InChI is InChI=1S/C20H26N2O2/c1-24-18-4-2-3-14(8-18)13-21-22-19(23)12-20-9-15-5-16(10-20)7-17(6-15)11-20/h2-4,8,13,15-17H,5-7,9-12H2,1H3,(H,22,23)/b21-13-. The van der Waals surface area contributed by atoms with E-state index in [0.717, 1.165) is 29.1 Å². The number of rotatable bonds is 5. The number of hydrogen-bond donors (Lipinski definition) is 1. The summed E-state index contributed by atoms with van der Waals surface area (Å²) in [6.07, 6.45) is 10.3. The fourth-order valence-corrected chi connectivity index (χ4v) is 5.79. The quantitative estimate of drug-likeness (QED) is 0.662. The Balaban J connectivity index is 1.34. The van der Waals surface area contributed by atoms with Gasteiger partial charge in [-0.1, -0.05) is 12.1 Å². The zero-order chi connectivity index (χ0) is 16.6. The van der Waals surface area contributed by atoms with Crippen LogP contribution < -0.4 is 10.2 Å². The molecule has 1 N–H and O–H groups in total. The number of carbonyl (C=O) groups is 1. The Hall–Kier alpha value is -1.84. The van der Waals surface area contributed by atoms with Crippen LogP contribution >= 0.6 is 0 Å². The molecule has 0 spiro atoms. The summed E-state index contributed by atoms with van der Waals surface area (Å²) < 4.78 is 5.19. The summed E-state index contributed by atoms with van der Waals surface area (Å²) in [4.78, 5) is 12.4. The minimum absolute atomic E-state index is 0.0658. The van der Waals surface area contributed by atoms with Gasteiger partial charge in [-0.3, -0.25) is 4.79 Å². The smallest absolute Gasteiger partial charge is 0.240 e. The molecule has 4 fully saturated rings. The minimum atomic E-state index is 0.0658. The van der Waals surface area contributed by atoms with Crippen LogP contribution in [0.25, 0.3) is 0 Å². The molecular weight excluding hydrogens is 300 g/mol. The van der Waals surface area contributed by atoms with Crippen LogP contribution in [0.2, 0.25) is 0 Å². The summed E-state index contributed by atoms with van der Waals surface area (Å²) in [6.45, 7) is 0. The monoisotopic (exact) mass is 326 g/mol. The molecule has 4 aliphatic rings. The van der Waals surface area contributed by atoms with Crippen LogP contribution in [0.1, 0.15) is 50.5 Å². The Morgan fingerprint density at radius 2 is 1.92 bits per heavy atom.